The molecule has 0 aliphatic heterocycles. The van der Waals surface area contributed by atoms with Gasteiger partial charge in [-0.2, -0.15) is 0 Å². The molecule has 136 valence electrons. The van der Waals surface area contributed by atoms with Gasteiger partial charge in [0.15, 0.2) is 0 Å². The molecule has 0 saturated carbocycles. The lowest BCUT2D eigenvalue weighted by Gasteiger charge is -2.16. The molecule has 0 aromatic heterocycles. The number of sulfonamides is 1. The first-order chi connectivity index (χ1) is 11.8. The quantitative estimate of drug-likeness (QED) is 0.783. The fourth-order valence-electron chi connectivity index (χ4n) is 2.44. The summed E-state index contributed by atoms with van der Waals surface area (Å²) in [4.78, 5) is 0.304. The van der Waals surface area contributed by atoms with Crippen LogP contribution in [0.5, 0.6) is 5.75 Å². The normalized spacial score (nSPS) is 13.0. The molecule has 0 fully saturated rings. The van der Waals surface area contributed by atoms with Crippen LogP contribution in [0, 0.1) is 0 Å². The van der Waals surface area contributed by atoms with Crippen molar-refractivity contribution >= 4 is 10.0 Å². The Balaban J connectivity index is 2.01. The summed E-state index contributed by atoms with van der Waals surface area (Å²) in [6, 6.07) is 15.1. The number of rotatable bonds is 8. The molecular formula is C19H26N2O3S. The van der Waals surface area contributed by atoms with Gasteiger partial charge in [-0.15, -0.1) is 0 Å². The second-order valence-electron chi connectivity index (χ2n) is 6.04. The maximum Gasteiger partial charge on any atom is 0.242 e. The van der Waals surface area contributed by atoms with E-state index in [1.54, 1.807) is 12.1 Å². The third kappa shape index (κ3) is 5.04. The summed E-state index contributed by atoms with van der Waals surface area (Å²) >= 11 is 0. The molecule has 0 radical (unpaired) electrons. The predicted octanol–water partition coefficient (Wildman–Crippen LogP) is 3.19. The van der Waals surface area contributed by atoms with E-state index in [-0.39, 0.29) is 6.04 Å². The molecule has 2 aromatic carbocycles. The van der Waals surface area contributed by atoms with Crippen LogP contribution in [0.2, 0.25) is 0 Å². The van der Waals surface area contributed by atoms with E-state index < -0.39 is 10.0 Å². The van der Waals surface area contributed by atoms with E-state index in [4.69, 9.17) is 4.74 Å². The van der Waals surface area contributed by atoms with Crippen LogP contribution in [0.4, 0.5) is 0 Å². The van der Waals surface area contributed by atoms with Gasteiger partial charge in [0.25, 0.3) is 0 Å². The zero-order valence-electron chi connectivity index (χ0n) is 15.2. The number of hydrogen-bond acceptors (Lipinski definition) is 4. The van der Waals surface area contributed by atoms with Crippen LogP contribution >= 0.6 is 0 Å². The highest BCUT2D eigenvalue weighted by molar-refractivity contribution is 7.89. The predicted molar refractivity (Wildman–Crippen MR) is 100 cm³/mol. The lowest BCUT2D eigenvalue weighted by atomic mass is 10.1. The number of benzene rings is 2. The van der Waals surface area contributed by atoms with E-state index in [1.165, 1.54) is 18.4 Å². The Kier molecular flexibility index (Phi) is 6.58. The molecule has 0 spiro atoms. The van der Waals surface area contributed by atoms with E-state index in [2.05, 4.69) is 18.3 Å². The summed E-state index contributed by atoms with van der Waals surface area (Å²) in [5.41, 5.74) is 2.18. The standard InChI is InChI=1S/C19H26N2O3S/c1-5-24-18-8-6-7-16(13-18)14-20-15(2)17-9-11-19(12-10-17)25(22,23)21(3)4/h6-13,15,20H,5,14H2,1-4H3. The van der Waals surface area contributed by atoms with E-state index in [0.29, 0.717) is 18.0 Å². The summed E-state index contributed by atoms with van der Waals surface area (Å²) in [6.45, 7) is 5.38. The molecule has 0 heterocycles. The average molecular weight is 362 g/mol. The molecule has 0 aliphatic rings. The van der Waals surface area contributed by atoms with Gasteiger partial charge in [-0.25, -0.2) is 12.7 Å². The Labute approximate surface area is 150 Å². The summed E-state index contributed by atoms with van der Waals surface area (Å²) in [5, 5.41) is 3.45. The van der Waals surface area contributed by atoms with Crippen LogP contribution in [0.25, 0.3) is 0 Å². The zero-order valence-corrected chi connectivity index (χ0v) is 16.0. The smallest absolute Gasteiger partial charge is 0.242 e. The Bertz CT molecular complexity index is 787. The fourth-order valence-corrected chi connectivity index (χ4v) is 3.34. The minimum atomic E-state index is -3.39. The van der Waals surface area contributed by atoms with Gasteiger partial charge in [0.2, 0.25) is 10.0 Å². The van der Waals surface area contributed by atoms with Gasteiger partial charge in [0, 0.05) is 26.7 Å². The summed E-state index contributed by atoms with van der Waals surface area (Å²) < 4.78 is 30.9. The molecule has 6 heteroatoms. The number of nitrogens with one attached hydrogen (secondary N) is 1. The van der Waals surface area contributed by atoms with Crippen LogP contribution in [0.15, 0.2) is 53.4 Å². The Morgan fingerprint density at radius 1 is 1.12 bits per heavy atom. The number of ether oxygens (including phenoxy) is 1. The molecule has 1 unspecified atom stereocenters. The molecule has 1 atom stereocenters. The zero-order chi connectivity index (χ0) is 18.4. The van der Waals surface area contributed by atoms with E-state index in [1.807, 2.05) is 37.3 Å². The molecular weight excluding hydrogens is 336 g/mol. The number of hydrogen-bond donors (Lipinski definition) is 1. The maximum atomic E-state index is 12.1. The summed E-state index contributed by atoms with van der Waals surface area (Å²) in [6.07, 6.45) is 0. The van der Waals surface area contributed by atoms with Crippen molar-refractivity contribution in [2.75, 3.05) is 20.7 Å². The first-order valence-corrected chi connectivity index (χ1v) is 9.76. The molecule has 2 aromatic rings. The summed E-state index contributed by atoms with van der Waals surface area (Å²) in [5.74, 6) is 0.868. The summed E-state index contributed by atoms with van der Waals surface area (Å²) in [7, 11) is -0.323. The van der Waals surface area contributed by atoms with Crippen molar-refractivity contribution < 1.29 is 13.2 Å². The highest BCUT2D eigenvalue weighted by atomic mass is 32.2. The van der Waals surface area contributed by atoms with E-state index in [0.717, 1.165) is 16.9 Å². The molecule has 25 heavy (non-hydrogen) atoms. The van der Waals surface area contributed by atoms with Crippen molar-refractivity contribution in [1.29, 1.82) is 0 Å². The topological polar surface area (TPSA) is 58.6 Å². The molecule has 0 aliphatic carbocycles. The molecule has 0 bridgehead atoms. The third-order valence-corrected chi connectivity index (χ3v) is 5.81. The largest absolute Gasteiger partial charge is 0.494 e. The van der Waals surface area contributed by atoms with Crippen molar-refractivity contribution in [3.8, 4) is 5.75 Å². The van der Waals surface area contributed by atoms with Gasteiger partial charge in [-0.3, -0.25) is 0 Å². The number of nitrogens with zero attached hydrogens (tertiary/aromatic N) is 1. The maximum absolute atomic E-state index is 12.1. The molecule has 1 N–H and O–H groups in total. The monoisotopic (exact) mass is 362 g/mol. The molecule has 0 amide bonds. The Morgan fingerprint density at radius 3 is 2.40 bits per heavy atom. The second-order valence-corrected chi connectivity index (χ2v) is 8.19. The molecule has 0 saturated heterocycles. The van der Waals surface area contributed by atoms with E-state index >= 15 is 0 Å². The lowest BCUT2D eigenvalue weighted by Crippen LogP contribution is -2.22. The molecule has 2 rings (SSSR count). The van der Waals surface area contributed by atoms with Gasteiger partial charge >= 0.3 is 0 Å². The third-order valence-electron chi connectivity index (χ3n) is 3.98. The van der Waals surface area contributed by atoms with Crippen LogP contribution in [0.1, 0.15) is 31.0 Å². The van der Waals surface area contributed by atoms with Gasteiger partial charge in [-0.1, -0.05) is 24.3 Å². The SMILES string of the molecule is CCOc1cccc(CNC(C)c2ccc(S(=O)(=O)N(C)C)cc2)c1. The van der Waals surface area contributed by atoms with Crippen molar-refractivity contribution in [3.05, 3.63) is 59.7 Å². The lowest BCUT2D eigenvalue weighted by molar-refractivity contribution is 0.339. The minimum absolute atomic E-state index is 0.104. The van der Waals surface area contributed by atoms with Gasteiger partial charge in [-0.05, 0) is 49.2 Å². The van der Waals surface area contributed by atoms with Gasteiger partial charge in [0.1, 0.15) is 5.75 Å². The Morgan fingerprint density at radius 2 is 1.80 bits per heavy atom. The second kappa shape index (κ2) is 8.47. The van der Waals surface area contributed by atoms with Crippen molar-refractivity contribution in [2.45, 2.75) is 31.3 Å². The van der Waals surface area contributed by atoms with Crippen LogP contribution < -0.4 is 10.1 Å². The highest BCUT2D eigenvalue weighted by Gasteiger charge is 2.17. The van der Waals surface area contributed by atoms with Crippen LogP contribution in [-0.2, 0) is 16.6 Å². The molecule has 5 nitrogen and oxygen atoms in total. The first-order valence-electron chi connectivity index (χ1n) is 8.32. The van der Waals surface area contributed by atoms with Gasteiger partial charge in [0.05, 0.1) is 11.5 Å². The van der Waals surface area contributed by atoms with Crippen molar-refractivity contribution in [2.24, 2.45) is 0 Å². The van der Waals surface area contributed by atoms with Crippen LogP contribution in [0.3, 0.4) is 0 Å². The van der Waals surface area contributed by atoms with Gasteiger partial charge < -0.3 is 10.1 Å². The first kappa shape index (κ1) is 19.4. The van der Waals surface area contributed by atoms with E-state index in [9.17, 15) is 8.42 Å². The van der Waals surface area contributed by atoms with Crippen molar-refractivity contribution in [1.82, 2.24) is 9.62 Å². The highest BCUT2D eigenvalue weighted by Crippen LogP contribution is 2.19. The van der Waals surface area contributed by atoms with Crippen LogP contribution in [-0.4, -0.2) is 33.4 Å². The average Bonchev–Trinajstić information content (AvgIpc) is 2.60. The fraction of sp³-hybridized carbons (Fsp3) is 0.368. The Hall–Kier alpha value is -1.89. The van der Waals surface area contributed by atoms with Crippen molar-refractivity contribution in [3.63, 3.8) is 0 Å². The minimum Gasteiger partial charge on any atom is -0.494 e.